The lowest BCUT2D eigenvalue weighted by atomic mass is 9.95. The van der Waals surface area contributed by atoms with Crippen LogP contribution >= 0.6 is 0 Å². The molecule has 2 aromatic rings. The number of hydrogen-bond acceptors (Lipinski definition) is 4. The van der Waals surface area contributed by atoms with E-state index in [1.807, 2.05) is 24.5 Å². The minimum Gasteiger partial charge on any atom is -0.371 e. The van der Waals surface area contributed by atoms with E-state index in [4.69, 9.17) is 0 Å². The molecule has 2 aliphatic heterocycles. The fourth-order valence-electron chi connectivity index (χ4n) is 4.45. The number of pyridine rings is 1. The van der Waals surface area contributed by atoms with E-state index in [9.17, 15) is 4.79 Å². The smallest absolute Gasteiger partial charge is 0.227 e. The standard InChI is InChI=1S/C23H30N4O/c1-18-5-6-19(2)22(16-18)25-12-14-26(15-13-25)23(28)20-4-3-11-27(17-20)21-7-9-24-10-8-21/h5-10,16,20H,3-4,11-15,17H2,1-2H3/t20-/m1/s1. The first-order valence-electron chi connectivity index (χ1n) is 10.4. The van der Waals surface area contributed by atoms with E-state index in [0.29, 0.717) is 5.91 Å². The number of piperazine rings is 1. The van der Waals surface area contributed by atoms with E-state index in [0.717, 1.165) is 52.1 Å². The number of nitrogens with zero attached hydrogens (tertiary/aromatic N) is 4. The molecule has 1 atom stereocenters. The van der Waals surface area contributed by atoms with Crippen LogP contribution in [0.15, 0.2) is 42.7 Å². The summed E-state index contributed by atoms with van der Waals surface area (Å²) in [4.78, 5) is 24.1. The molecule has 0 unspecified atom stereocenters. The highest BCUT2D eigenvalue weighted by atomic mass is 16.2. The Morgan fingerprint density at radius 1 is 0.964 bits per heavy atom. The van der Waals surface area contributed by atoms with Gasteiger partial charge in [0.1, 0.15) is 0 Å². The Kier molecular flexibility index (Phi) is 5.51. The fraction of sp³-hybridized carbons (Fsp3) is 0.478. The van der Waals surface area contributed by atoms with Gasteiger partial charge >= 0.3 is 0 Å². The van der Waals surface area contributed by atoms with Gasteiger partial charge in [-0.3, -0.25) is 9.78 Å². The summed E-state index contributed by atoms with van der Waals surface area (Å²) in [5, 5.41) is 0. The van der Waals surface area contributed by atoms with Gasteiger partial charge in [-0.1, -0.05) is 12.1 Å². The van der Waals surface area contributed by atoms with Gasteiger partial charge in [-0.2, -0.15) is 0 Å². The van der Waals surface area contributed by atoms with E-state index in [1.165, 1.54) is 22.5 Å². The van der Waals surface area contributed by atoms with Crippen molar-refractivity contribution in [3.8, 4) is 0 Å². The lowest BCUT2D eigenvalue weighted by molar-refractivity contribution is -0.136. The molecule has 2 aliphatic rings. The molecule has 1 aromatic heterocycles. The van der Waals surface area contributed by atoms with E-state index < -0.39 is 0 Å². The van der Waals surface area contributed by atoms with Crippen molar-refractivity contribution in [2.24, 2.45) is 5.92 Å². The first kappa shape index (κ1) is 18.8. The normalized spacial score (nSPS) is 20.4. The second-order valence-corrected chi connectivity index (χ2v) is 8.09. The lowest BCUT2D eigenvalue weighted by Gasteiger charge is -2.40. The van der Waals surface area contributed by atoms with Crippen LogP contribution in [0, 0.1) is 19.8 Å². The molecule has 0 bridgehead atoms. The van der Waals surface area contributed by atoms with E-state index >= 15 is 0 Å². The molecule has 0 spiro atoms. The third-order valence-corrected chi connectivity index (χ3v) is 6.10. The maximum atomic E-state index is 13.2. The van der Waals surface area contributed by atoms with Gasteiger partial charge in [-0.05, 0) is 56.0 Å². The monoisotopic (exact) mass is 378 g/mol. The van der Waals surface area contributed by atoms with Gasteiger partial charge in [0.2, 0.25) is 5.91 Å². The molecule has 4 rings (SSSR count). The molecule has 148 valence electrons. The average Bonchev–Trinajstić information content (AvgIpc) is 2.76. The van der Waals surface area contributed by atoms with Crippen LogP contribution in [0.3, 0.4) is 0 Å². The molecule has 2 saturated heterocycles. The summed E-state index contributed by atoms with van der Waals surface area (Å²) in [5.74, 6) is 0.438. The first-order chi connectivity index (χ1) is 13.6. The summed E-state index contributed by atoms with van der Waals surface area (Å²) in [7, 11) is 0. The maximum absolute atomic E-state index is 13.2. The lowest BCUT2D eigenvalue weighted by Crippen LogP contribution is -2.52. The Morgan fingerprint density at radius 3 is 2.46 bits per heavy atom. The zero-order chi connectivity index (χ0) is 19.5. The number of carbonyl (C=O) groups is 1. The summed E-state index contributed by atoms with van der Waals surface area (Å²) >= 11 is 0. The summed E-state index contributed by atoms with van der Waals surface area (Å²) in [6.07, 6.45) is 5.72. The zero-order valence-electron chi connectivity index (χ0n) is 17.0. The molecule has 1 aromatic carbocycles. The van der Waals surface area contributed by atoms with Crippen LogP contribution in [0.2, 0.25) is 0 Å². The van der Waals surface area contributed by atoms with Crippen LogP contribution in [0.25, 0.3) is 0 Å². The van der Waals surface area contributed by atoms with Gasteiger partial charge in [0, 0.05) is 63.0 Å². The van der Waals surface area contributed by atoms with Crippen LogP contribution in [0.4, 0.5) is 11.4 Å². The number of carbonyl (C=O) groups excluding carboxylic acids is 1. The van der Waals surface area contributed by atoms with Crippen LogP contribution < -0.4 is 9.80 Å². The molecule has 0 N–H and O–H groups in total. The molecular weight excluding hydrogens is 348 g/mol. The van der Waals surface area contributed by atoms with Crippen molar-refractivity contribution in [1.82, 2.24) is 9.88 Å². The maximum Gasteiger partial charge on any atom is 0.227 e. The van der Waals surface area contributed by atoms with Crippen molar-refractivity contribution in [2.45, 2.75) is 26.7 Å². The van der Waals surface area contributed by atoms with Gasteiger partial charge in [0.05, 0.1) is 5.92 Å². The Labute approximate surface area is 168 Å². The predicted molar refractivity (Wildman–Crippen MR) is 114 cm³/mol. The number of aryl methyl sites for hydroxylation is 2. The third-order valence-electron chi connectivity index (χ3n) is 6.10. The molecule has 28 heavy (non-hydrogen) atoms. The van der Waals surface area contributed by atoms with Gasteiger partial charge < -0.3 is 14.7 Å². The SMILES string of the molecule is Cc1ccc(C)c(N2CCN(C(=O)[C@@H]3CCCN(c4ccncc4)C3)CC2)c1. The van der Waals surface area contributed by atoms with Crippen LogP contribution in [0.5, 0.6) is 0 Å². The quantitative estimate of drug-likeness (QED) is 0.822. The van der Waals surface area contributed by atoms with Gasteiger partial charge in [0.25, 0.3) is 0 Å². The number of aromatic nitrogens is 1. The largest absolute Gasteiger partial charge is 0.371 e. The first-order valence-corrected chi connectivity index (χ1v) is 10.4. The van der Waals surface area contributed by atoms with Crippen molar-refractivity contribution in [2.75, 3.05) is 49.1 Å². The number of amides is 1. The van der Waals surface area contributed by atoms with Crippen LogP contribution in [-0.4, -0.2) is 55.1 Å². The molecule has 3 heterocycles. The van der Waals surface area contributed by atoms with Gasteiger partial charge in [0.15, 0.2) is 0 Å². The Bertz CT molecular complexity index is 815. The van der Waals surface area contributed by atoms with Crippen molar-refractivity contribution in [3.05, 3.63) is 53.9 Å². The molecule has 1 amide bonds. The highest BCUT2D eigenvalue weighted by molar-refractivity contribution is 5.80. The van der Waals surface area contributed by atoms with Crippen molar-refractivity contribution >= 4 is 17.3 Å². The Hall–Kier alpha value is -2.56. The zero-order valence-corrected chi connectivity index (χ0v) is 17.0. The molecule has 0 saturated carbocycles. The second-order valence-electron chi connectivity index (χ2n) is 8.09. The van der Waals surface area contributed by atoms with Crippen molar-refractivity contribution in [3.63, 3.8) is 0 Å². The van der Waals surface area contributed by atoms with E-state index in [-0.39, 0.29) is 5.92 Å². The third kappa shape index (κ3) is 3.98. The molecule has 5 heteroatoms. The van der Waals surface area contributed by atoms with E-state index in [1.54, 1.807) is 0 Å². The van der Waals surface area contributed by atoms with Crippen LogP contribution in [0.1, 0.15) is 24.0 Å². The number of hydrogen-bond donors (Lipinski definition) is 0. The topological polar surface area (TPSA) is 39.7 Å². The summed E-state index contributed by atoms with van der Waals surface area (Å²) in [5.41, 5.74) is 5.09. The molecule has 2 fully saturated rings. The number of benzene rings is 1. The number of anilines is 2. The fourth-order valence-corrected chi connectivity index (χ4v) is 4.45. The van der Waals surface area contributed by atoms with Gasteiger partial charge in [-0.25, -0.2) is 0 Å². The van der Waals surface area contributed by atoms with Crippen molar-refractivity contribution < 1.29 is 4.79 Å². The minimum atomic E-state index is 0.106. The Morgan fingerprint density at radius 2 is 1.71 bits per heavy atom. The Balaban J connectivity index is 1.36. The highest BCUT2D eigenvalue weighted by Crippen LogP contribution is 2.26. The summed E-state index contributed by atoms with van der Waals surface area (Å²) in [6, 6.07) is 10.7. The number of piperidine rings is 1. The highest BCUT2D eigenvalue weighted by Gasteiger charge is 2.31. The van der Waals surface area contributed by atoms with Gasteiger partial charge in [-0.15, -0.1) is 0 Å². The second kappa shape index (κ2) is 8.21. The van der Waals surface area contributed by atoms with E-state index in [2.05, 4.69) is 51.7 Å². The average molecular weight is 379 g/mol. The summed E-state index contributed by atoms with van der Waals surface area (Å²) in [6.45, 7) is 9.61. The van der Waals surface area contributed by atoms with Crippen LogP contribution in [-0.2, 0) is 4.79 Å². The predicted octanol–water partition coefficient (Wildman–Crippen LogP) is 3.26. The molecule has 0 aliphatic carbocycles. The molecule has 5 nitrogen and oxygen atoms in total. The number of rotatable bonds is 3. The molecule has 0 radical (unpaired) electrons. The molecular formula is C23H30N4O. The minimum absolute atomic E-state index is 0.106. The van der Waals surface area contributed by atoms with Crippen molar-refractivity contribution in [1.29, 1.82) is 0 Å². The summed E-state index contributed by atoms with van der Waals surface area (Å²) < 4.78 is 0.